The van der Waals surface area contributed by atoms with Crippen molar-refractivity contribution in [3.05, 3.63) is 35.2 Å². The fourth-order valence-corrected chi connectivity index (χ4v) is 4.69. The zero-order chi connectivity index (χ0) is 25.7. The molecular weight excluding hydrogens is 439 g/mol. The highest BCUT2D eigenvalue weighted by Crippen LogP contribution is 2.41. The summed E-state index contributed by atoms with van der Waals surface area (Å²) in [5.74, 6) is 0.113. The van der Waals surface area contributed by atoms with Crippen LogP contribution in [0.5, 0.6) is 0 Å². The SMILES string of the molecule is C\C=C(C(/C(C)=N/C=C/CC)=C(/C)N1CCN(C(=O)CC(C)(C)C(F)(F)F)C(C)C1)\C1CCC1. The maximum Gasteiger partial charge on any atom is 0.394 e. The van der Waals surface area contributed by atoms with Crippen LogP contribution in [0.25, 0.3) is 0 Å². The average molecular weight is 482 g/mol. The predicted molar refractivity (Wildman–Crippen MR) is 134 cm³/mol. The molecule has 4 nitrogen and oxygen atoms in total. The highest BCUT2D eigenvalue weighted by atomic mass is 19.4. The van der Waals surface area contributed by atoms with Crippen LogP contribution in [0.4, 0.5) is 13.2 Å². The number of hydrogen-bond acceptors (Lipinski definition) is 3. The lowest BCUT2D eigenvalue weighted by Gasteiger charge is -2.43. The van der Waals surface area contributed by atoms with E-state index in [-0.39, 0.29) is 6.04 Å². The number of amides is 1. The molecule has 1 atom stereocenters. The predicted octanol–water partition coefficient (Wildman–Crippen LogP) is 6.90. The first kappa shape index (κ1) is 28.2. The third kappa shape index (κ3) is 6.54. The van der Waals surface area contributed by atoms with E-state index in [1.54, 1.807) is 4.90 Å². The Bertz CT molecular complexity index is 848. The molecule has 0 bridgehead atoms. The normalized spacial score (nSPS) is 22.2. The molecule has 34 heavy (non-hydrogen) atoms. The molecule has 1 unspecified atom stereocenters. The Balaban J connectivity index is 2.27. The molecule has 1 heterocycles. The van der Waals surface area contributed by atoms with Gasteiger partial charge in [0, 0.05) is 55.3 Å². The van der Waals surface area contributed by atoms with E-state index in [1.165, 1.54) is 24.8 Å². The molecule has 1 saturated carbocycles. The summed E-state index contributed by atoms with van der Waals surface area (Å²) >= 11 is 0. The second kappa shape index (κ2) is 11.6. The van der Waals surface area contributed by atoms with Crippen LogP contribution in [0, 0.1) is 11.3 Å². The summed E-state index contributed by atoms with van der Waals surface area (Å²) in [4.78, 5) is 21.4. The maximum absolute atomic E-state index is 13.3. The molecule has 1 aliphatic heterocycles. The second-order valence-corrected chi connectivity index (χ2v) is 10.3. The number of carbonyl (C=O) groups is 1. The number of allylic oxidation sites excluding steroid dienone is 5. The van der Waals surface area contributed by atoms with Crippen LogP contribution >= 0.6 is 0 Å². The summed E-state index contributed by atoms with van der Waals surface area (Å²) in [7, 11) is 0. The third-order valence-corrected chi connectivity index (χ3v) is 7.26. The van der Waals surface area contributed by atoms with E-state index in [0.29, 0.717) is 25.6 Å². The van der Waals surface area contributed by atoms with Crippen LogP contribution in [0.1, 0.15) is 80.6 Å². The van der Waals surface area contributed by atoms with Gasteiger partial charge in [-0.3, -0.25) is 9.79 Å². The standard InChI is InChI=1S/C27H42F3N3O/c1-8-10-14-31-20(4)25(23(9-2)22-12-11-13-22)21(5)32-15-16-33(19(3)18-32)24(34)17-26(6,7)27(28,29)30/h9-10,14,19,22H,8,11-13,15-18H2,1-7H3/b14-10+,23-9-,25-21-,31-20+. The molecule has 1 amide bonds. The zero-order valence-corrected chi connectivity index (χ0v) is 21.9. The molecule has 192 valence electrons. The lowest BCUT2D eigenvalue weighted by Crippen LogP contribution is -2.54. The molecule has 7 heteroatoms. The third-order valence-electron chi connectivity index (χ3n) is 7.26. The molecule has 0 aromatic carbocycles. The zero-order valence-electron chi connectivity index (χ0n) is 21.9. The van der Waals surface area contributed by atoms with Crippen LogP contribution in [0.15, 0.2) is 40.2 Å². The summed E-state index contributed by atoms with van der Waals surface area (Å²) in [6.45, 7) is 14.0. The van der Waals surface area contributed by atoms with Gasteiger partial charge in [-0.05, 0) is 58.4 Å². The number of carbonyl (C=O) groups excluding carboxylic acids is 1. The van der Waals surface area contributed by atoms with E-state index in [2.05, 4.69) is 31.7 Å². The van der Waals surface area contributed by atoms with Crippen molar-refractivity contribution in [2.24, 2.45) is 16.3 Å². The van der Waals surface area contributed by atoms with Gasteiger partial charge in [0.1, 0.15) is 0 Å². The number of aliphatic imine (C=N–C) groups is 1. The highest BCUT2D eigenvalue weighted by molar-refractivity contribution is 6.03. The Hall–Kier alpha value is -2.05. The molecule has 2 rings (SSSR count). The molecule has 2 fully saturated rings. The quantitative estimate of drug-likeness (QED) is 0.279. The number of halogens is 3. The molecule has 0 N–H and O–H groups in total. The van der Waals surface area contributed by atoms with Gasteiger partial charge in [0.05, 0.1) is 5.41 Å². The monoisotopic (exact) mass is 481 g/mol. The fourth-order valence-electron chi connectivity index (χ4n) is 4.69. The summed E-state index contributed by atoms with van der Waals surface area (Å²) in [5, 5.41) is 0. The Labute approximate surface area is 203 Å². The van der Waals surface area contributed by atoms with Gasteiger partial charge in [-0.2, -0.15) is 13.2 Å². The van der Waals surface area contributed by atoms with E-state index < -0.39 is 23.9 Å². The lowest BCUT2D eigenvalue weighted by atomic mass is 9.75. The van der Waals surface area contributed by atoms with Gasteiger partial charge in [-0.1, -0.05) is 39.3 Å². The van der Waals surface area contributed by atoms with Gasteiger partial charge < -0.3 is 9.80 Å². The number of alkyl halides is 3. The van der Waals surface area contributed by atoms with Crippen molar-refractivity contribution in [1.29, 1.82) is 0 Å². The Kier molecular flexibility index (Phi) is 9.61. The van der Waals surface area contributed by atoms with E-state index in [1.807, 2.05) is 26.1 Å². The van der Waals surface area contributed by atoms with Gasteiger partial charge >= 0.3 is 6.18 Å². The first-order valence-corrected chi connectivity index (χ1v) is 12.5. The van der Waals surface area contributed by atoms with E-state index >= 15 is 0 Å². The van der Waals surface area contributed by atoms with Crippen LogP contribution in [0.3, 0.4) is 0 Å². The van der Waals surface area contributed by atoms with E-state index in [9.17, 15) is 18.0 Å². The molecule has 0 radical (unpaired) electrons. The van der Waals surface area contributed by atoms with Gasteiger partial charge in [0.25, 0.3) is 0 Å². The van der Waals surface area contributed by atoms with Crippen molar-refractivity contribution in [2.75, 3.05) is 19.6 Å². The van der Waals surface area contributed by atoms with Crippen molar-refractivity contribution in [2.45, 2.75) is 92.8 Å². The number of rotatable bonds is 8. The summed E-state index contributed by atoms with van der Waals surface area (Å²) in [6, 6.07) is -0.170. The van der Waals surface area contributed by atoms with Crippen molar-refractivity contribution >= 4 is 11.6 Å². The Morgan fingerprint density at radius 3 is 2.26 bits per heavy atom. The summed E-state index contributed by atoms with van der Waals surface area (Å²) < 4.78 is 39.9. The second-order valence-electron chi connectivity index (χ2n) is 10.3. The van der Waals surface area contributed by atoms with Gasteiger partial charge in [0.15, 0.2) is 0 Å². The van der Waals surface area contributed by atoms with Crippen LogP contribution < -0.4 is 0 Å². The number of piperazine rings is 1. The van der Waals surface area contributed by atoms with Crippen molar-refractivity contribution in [1.82, 2.24) is 9.80 Å². The minimum atomic E-state index is -4.41. The fraction of sp³-hybridized carbons (Fsp3) is 0.704. The highest BCUT2D eigenvalue weighted by Gasteiger charge is 2.49. The van der Waals surface area contributed by atoms with Crippen LogP contribution in [-0.2, 0) is 4.79 Å². The topological polar surface area (TPSA) is 35.9 Å². The smallest absolute Gasteiger partial charge is 0.371 e. The maximum atomic E-state index is 13.3. The lowest BCUT2D eigenvalue weighted by molar-refractivity contribution is -0.215. The summed E-state index contributed by atoms with van der Waals surface area (Å²) in [5.41, 5.74) is 2.56. The average Bonchev–Trinajstić information content (AvgIpc) is 2.70. The number of nitrogens with zero attached hydrogens (tertiary/aromatic N) is 3. The molecule has 0 aromatic rings. The Morgan fingerprint density at radius 2 is 1.79 bits per heavy atom. The summed E-state index contributed by atoms with van der Waals surface area (Å²) in [6.07, 6.45) is 5.69. The minimum absolute atomic E-state index is 0.170. The van der Waals surface area contributed by atoms with Crippen molar-refractivity contribution < 1.29 is 18.0 Å². The van der Waals surface area contributed by atoms with Gasteiger partial charge in [-0.25, -0.2) is 0 Å². The van der Waals surface area contributed by atoms with Crippen molar-refractivity contribution in [3.8, 4) is 0 Å². The molecule has 0 aromatic heterocycles. The molecule has 1 aliphatic carbocycles. The van der Waals surface area contributed by atoms with E-state index in [0.717, 1.165) is 37.3 Å². The molecule has 1 saturated heterocycles. The van der Waals surface area contributed by atoms with Crippen molar-refractivity contribution in [3.63, 3.8) is 0 Å². The molecule has 2 aliphatic rings. The molecule has 0 spiro atoms. The van der Waals surface area contributed by atoms with Gasteiger partial charge in [-0.15, -0.1) is 0 Å². The van der Waals surface area contributed by atoms with Crippen LogP contribution in [-0.4, -0.2) is 53.3 Å². The molecular formula is C27H42F3N3O. The first-order valence-electron chi connectivity index (χ1n) is 12.5. The first-order chi connectivity index (χ1) is 15.8. The van der Waals surface area contributed by atoms with Crippen LogP contribution in [0.2, 0.25) is 0 Å². The van der Waals surface area contributed by atoms with Gasteiger partial charge in [0.2, 0.25) is 5.91 Å². The number of hydrogen-bond donors (Lipinski definition) is 0. The van der Waals surface area contributed by atoms with E-state index in [4.69, 9.17) is 4.99 Å². The minimum Gasteiger partial charge on any atom is -0.371 e. The Morgan fingerprint density at radius 1 is 1.15 bits per heavy atom. The largest absolute Gasteiger partial charge is 0.394 e.